The Morgan fingerprint density at radius 2 is 1.14 bits per heavy atom. The summed E-state index contributed by atoms with van der Waals surface area (Å²) in [5.74, 6) is 0.568. The minimum absolute atomic E-state index is 0.363. The topological polar surface area (TPSA) is 26.0 Å². The summed E-state index contributed by atoms with van der Waals surface area (Å²) < 4.78 is 0. The smallest absolute Gasteiger partial charge is 0.0115 e. The van der Waals surface area contributed by atoms with Crippen LogP contribution < -0.4 is 5.73 Å². The van der Waals surface area contributed by atoms with Gasteiger partial charge in [0.1, 0.15) is 0 Å². The molecular weight excluding hydrogens is 266 g/mol. The van der Waals surface area contributed by atoms with E-state index in [0.717, 1.165) is 6.42 Å². The molecule has 108 valence electrons. The van der Waals surface area contributed by atoms with Gasteiger partial charge in [-0.25, -0.2) is 0 Å². The Labute approximate surface area is 131 Å². The third-order valence-corrected chi connectivity index (χ3v) is 4.50. The van der Waals surface area contributed by atoms with Crippen molar-refractivity contribution in [3.05, 3.63) is 84.4 Å². The molecule has 4 rings (SSSR count). The van der Waals surface area contributed by atoms with Gasteiger partial charge in [-0.05, 0) is 34.2 Å². The van der Waals surface area contributed by atoms with Gasteiger partial charge in [0.05, 0.1) is 0 Å². The molecule has 2 atom stereocenters. The van der Waals surface area contributed by atoms with Gasteiger partial charge in [0.2, 0.25) is 0 Å². The Morgan fingerprint density at radius 1 is 0.636 bits per heavy atom. The molecule has 1 saturated carbocycles. The molecule has 1 aliphatic carbocycles. The largest absolute Gasteiger partial charge is 0.327 e. The molecule has 22 heavy (non-hydrogen) atoms. The first kappa shape index (κ1) is 13.3. The van der Waals surface area contributed by atoms with E-state index in [1.165, 1.54) is 27.8 Å². The van der Waals surface area contributed by atoms with Crippen molar-refractivity contribution < 1.29 is 0 Å². The van der Waals surface area contributed by atoms with Crippen molar-refractivity contribution >= 4 is 0 Å². The Balaban J connectivity index is 1.74. The highest BCUT2D eigenvalue weighted by atomic mass is 14.7. The summed E-state index contributed by atoms with van der Waals surface area (Å²) in [5, 5.41) is 0. The summed E-state index contributed by atoms with van der Waals surface area (Å²) in [5.41, 5.74) is 12.4. The van der Waals surface area contributed by atoms with E-state index in [2.05, 4.69) is 78.9 Å². The van der Waals surface area contributed by atoms with Crippen LogP contribution in [0.2, 0.25) is 0 Å². The predicted octanol–water partition coefficient (Wildman–Crippen LogP) is 4.84. The summed E-state index contributed by atoms with van der Waals surface area (Å²) in [6, 6.07) is 28.4. The van der Waals surface area contributed by atoms with Crippen molar-refractivity contribution in [2.24, 2.45) is 5.73 Å². The van der Waals surface area contributed by atoms with Crippen LogP contribution in [0.25, 0.3) is 22.3 Å². The maximum absolute atomic E-state index is 5.95. The fourth-order valence-electron chi connectivity index (χ4n) is 3.11. The molecule has 2 N–H and O–H groups in total. The van der Waals surface area contributed by atoms with Crippen molar-refractivity contribution in [2.45, 2.75) is 18.4 Å². The van der Waals surface area contributed by atoms with E-state index in [0.29, 0.717) is 12.0 Å². The lowest BCUT2D eigenvalue weighted by Crippen LogP contribution is -2.00. The van der Waals surface area contributed by atoms with Crippen molar-refractivity contribution in [1.29, 1.82) is 0 Å². The van der Waals surface area contributed by atoms with E-state index >= 15 is 0 Å². The van der Waals surface area contributed by atoms with Gasteiger partial charge in [-0.1, -0.05) is 78.9 Å². The van der Waals surface area contributed by atoms with Gasteiger partial charge in [-0.15, -0.1) is 0 Å². The molecule has 0 amide bonds. The molecular formula is C21H19N. The predicted molar refractivity (Wildman–Crippen MR) is 92.6 cm³/mol. The van der Waals surface area contributed by atoms with E-state index in [1.54, 1.807) is 0 Å². The standard InChI is InChI=1S/C21H19N/c22-21-14-20(21)17-12-10-16(11-13-17)19-9-5-4-8-18(19)15-6-2-1-3-7-15/h1-13,20-21H,14,22H2/t20-,21+/m0/s1. The van der Waals surface area contributed by atoms with Gasteiger partial charge in [0.25, 0.3) is 0 Å². The van der Waals surface area contributed by atoms with Crippen LogP contribution >= 0.6 is 0 Å². The zero-order chi connectivity index (χ0) is 14.9. The SMILES string of the molecule is N[C@@H]1C[C@H]1c1ccc(-c2ccccc2-c2ccccc2)cc1. The van der Waals surface area contributed by atoms with Crippen molar-refractivity contribution in [3.8, 4) is 22.3 Å². The van der Waals surface area contributed by atoms with Gasteiger partial charge in [-0.2, -0.15) is 0 Å². The normalized spacial score (nSPS) is 19.9. The zero-order valence-electron chi connectivity index (χ0n) is 12.4. The third-order valence-electron chi connectivity index (χ3n) is 4.50. The van der Waals surface area contributed by atoms with Crippen LogP contribution in [0.1, 0.15) is 17.9 Å². The Kier molecular flexibility index (Phi) is 3.28. The molecule has 0 unspecified atom stereocenters. The Bertz CT molecular complexity index is 775. The van der Waals surface area contributed by atoms with Gasteiger partial charge in [-0.3, -0.25) is 0 Å². The molecule has 1 aliphatic rings. The molecule has 3 aromatic rings. The van der Waals surface area contributed by atoms with Crippen LogP contribution in [0.3, 0.4) is 0 Å². The number of nitrogens with two attached hydrogens (primary N) is 1. The van der Waals surface area contributed by atoms with Gasteiger partial charge in [0, 0.05) is 12.0 Å². The van der Waals surface area contributed by atoms with Gasteiger partial charge < -0.3 is 5.73 Å². The molecule has 1 nitrogen and oxygen atoms in total. The summed E-state index contributed by atoms with van der Waals surface area (Å²) in [6.45, 7) is 0. The average Bonchev–Trinajstić information content (AvgIpc) is 3.33. The second-order valence-electron chi connectivity index (χ2n) is 6.04. The molecule has 0 radical (unpaired) electrons. The third kappa shape index (κ3) is 2.44. The van der Waals surface area contributed by atoms with Crippen LogP contribution in [0, 0.1) is 0 Å². The first-order valence-corrected chi connectivity index (χ1v) is 7.83. The summed E-state index contributed by atoms with van der Waals surface area (Å²) in [7, 11) is 0. The number of rotatable bonds is 3. The lowest BCUT2D eigenvalue weighted by Gasteiger charge is -2.11. The molecule has 0 aliphatic heterocycles. The monoisotopic (exact) mass is 285 g/mol. The van der Waals surface area contributed by atoms with Crippen LogP contribution in [0.5, 0.6) is 0 Å². The summed E-state index contributed by atoms with van der Waals surface area (Å²) in [4.78, 5) is 0. The lowest BCUT2D eigenvalue weighted by molar-refractivity contribution is 0.991. The van der Waals surface area contributed by atoms with Crippen LogP contribution in [-0.2, 0) is 0 Å². The second-order valence-corrected chi connectivity index (χ2v) is 6.04. The van der Waals surface area contributed by atoms with E-state index in [4.69, 9.17) is 5.73 Å². The number of hydrogen-bond acceptors (Lipinski definition) is 1. The highest BCUT2D eigenvalue weighted by Gasteiger charge is 2.34. The lowest BCUT2D eigenvalue weighted by atomic mass is 9.94. The average molecular weight is 285 g/mol. The number of benzene rings is 3. The summed E-state index contributed by atoms with van der Waals surface area (Å²) >= 11 is 0. The minimum Gasteiger partial charge on any atom is -0.327 e. The molecule has 0 heterocycles. The highest BCUT2D eigenvalue weighted by Crippen LogP contribution is 2.40. The van der Waals surface area contributed by atoms with Gasteiger partial charge in [0.15, 0.2) is 0 Å². The molecule has 1 heteroatoms. The first-order valence-electron chi connectivity index (χ1n) is 7.83. The van der Waals surface area contributed by atoms with Crippen LogP contribution in [0.4, 0.5) is 0 Å². The fourth-order valence-corrected chi connectivity index (χ4v) is 3.11. The molecule has 0 spiro atoms. The zero-order valence-corrected chi connectivity index (χ0v) is 12.4. The minimum atomic E-state index is 0.363. The molecule has 1 fully saturated rings. The maximum Gasteiger partial charge on any atom is 0.0115 e. The fraction of sp³-hybridized carbons (Fsp3) is 0.143. The first-order chi connectivity index (χ1) is 10.8. The van der Waals surface area contributed by atoms with Crippen LogP contribution in [-0.4, -0.2) is 6.04 Å². The second kappa shape index (κ2) is 5.43. The molecule has 3 aromatic carbocycles. The maximum atomic E-state index is 5.95. The Morgan fingerprint density at radius 3 is 1.68 bits per heavy atom. The van der Waals surface area contributed by atoms with Crippen LogP contribution in [0.15, 0.2) is 78.9 Å². The Hall–Kier alpha value is -2.38. The summed E-state index contributed by atoms with van der Waals surface area (Å²) in [6.07, 6.45) is 1.12. The molecule has 0 saturated heterocycles. The van der Waals surface area contributed by atoms with E-state index in [-0.39, 0.29) is 0 Å². The van der Waals surface area contributed by atoms with Crippen molar-refractivity contribution in [1.82, 2.24) is 0 Å². The van der Waals surface area contributed by atoms with E-state index in [9.17, 15) is 0 Å². The van der Waals surface area contributed by atoms with Crippen molar-refractivity contribution in [2.75, 3.05) is 0 Å². The number of hydrogen-bond donors (Lipinski definition) is 1. The van der Waals surface area contributed by atoms with E-state index in [1.807, 2.05) is 0 Å². The molecule has 0 bridgehead atoms. The van der Waals surface area contributed by atoms with E-state index < -0.39 is 0 Å². The quantitative estimate of drug-likeness (QED) is 0.732. The molecule has 0 aromatic heterocycles. The highest BCUT2D eigenvalue weighted by molar-refractivity contribution is 5.83. The van der Waals surface area contributed by atoms with Crippen molar-refractivity contribution in [3.63, 3.8) is 0 Å². The van der Waals surface area contributed by atoms with Gasteiger partial charge >= 0.3 is 0 Å².